The van der Waals surface area contributed by atoms with E-state index in [0.717, 1.165) is 39.9 Å². The lowest BCUT2D eigenvalue weighted by Crippen LogP contribution is -2.15. The molecule has 0 fully saturated rings. The molecule has 0 saturated carbocycles. The van der Waals surface area contributed by atoms with Crippen LogP contribution in [0.25, 0.3) is 33.3 Å². The summed E-state index contributed by atoms with van der Waals surface area (Å²) >= 11 is 0. The number of benzene rings is 2. The summed E-state index contributed by atoms with van der Waals surface area (Å²) in [5, 5.41) is 5.41. The van der Waals surface area contributed by atoms with Crippen molar-refractivity contribution in [2.75, 3.05) is 18.9 Å². The predicted molar refractivity (Wildman–Crippen MR) is 137 cm³/mol. The number of nitrogens with one attached hydrogen (secondary N) is 1. The fourth-order valence-electron chi connectivity index (χ4n) is 4.10. The molecule has 2 aromatic carbocycles. The summed E-state index contributed by atoms with van der Waals surface area (Å²) in [5.41, 5.74) is 3.67. The van der Waals surface area contributed by atoms with Gasteiger partial charge in [0.15, 0.2) is 0 Å². The van der Waals surface area contributed by atoms with Gasteiger partial charge in [0, 0.05) is 48.1 Å². The number of sulfonamides is 1. The first kappa shape index (κ1) is 25.1. The van der Waals surface area contributed by atoms with Gasteiger partial charge in [0.2, 0.25) is 11.8 Å². The second-order valence-electron chi connectivity index (χ2n) is 8.25. The zero-order valence-corrected chi connectivity index (χ0v) is 21.3. The standard InChI is InChI=1S/C26H21F2N5O4S/c1-33-25(16-5-9-24(36-2)29-13-16)19-10-15(4-7-21(19)31-33)17-11-22(26(37-3)30-14-17)32-38(34,35)23-8-6-18(27)12-20(23)28/h4-14,32H,1-3H3. The van der Waals surface area contributed by atoms with Gasteiger partial charge in [0.1, 0.15) is 22.2 Å². The van der Waals surface area contributed by atoms with Gasteiger partial charge in [-0.05, 0) is 42.0 Å². The van der Waals surface area contributed by atoms with Crippen molar-refractivity contribution >= 4 is 26.6 Å². The first-order valence-corrected chi connectivity index (χ1v) is 12.7. The summed E-state index contributed by atoms with van der Waals surface area (Å²) in [7, 11) is 0.286. The molecule has 0 aliphatic rings. The monoisotopic (exact) mass is 537 g/mol. The number of nitrogens with zero attached hydrogens (tertiary/aromatic N) is 4. The maximum absolute atomic E-state index is 14.2. The number of pyridine rings is 2. The molecule has 3 heterocycles. The van der Waals surface area contributed by atoms with Crippen LogP contribution in [0.4, 0.5) is 14.5 Å². The van der Waals surface area contributed by atoms with Crippen molar-refractivity contribution in [3.63, 3.8) is 0 Å². The Kier molecular flexibility index (Phi) is 6.41. The molecule has 0 unspecified atom stereocenters. The lowest BCUT2D eigenvalue weighted by atomic mass is 10.0. The highest BCUT2D eigenvalue weighted by Crippen LogP contribution is 2.35. The summed E-state index contributed by atoms with van der Waals surface area (Å²) < 4.78 is 67.7. The number of hydrogen-bond donors (Lipinski definition) is 1. The van der Waals surface area contributed by atoms with Crippen LogP contribution in [0.1, 0.15) is 0 Å². The molecule has 0 aliphatic carbocycles. The van der Waals surface area contributed by atoms with Gasteiger partial charge in [0.25, 0.3) is 10.0 Å². The molecule has 194 valence electrons. The van der Waals surface area contributed by atoms with Crippen LogP contribution in [-0.4, -0.2) is 42.4 Å². The molecule has 0 bridgehead atoms. The van der Waals surface area contributed by atoms with E-state index in [2.05, 4.69) is 19.8 Å². The van der Waals surface area contributed by atoms with Gasteiger partial charge in [-0.15, -0.1) is 0 Å². The van der Waals surface area contributed by atoms with E-state index in [-0.39, 0.29) is 11.6 Å². The fourth-order valence-corrected chi connectivity index (χ4v) is 5.21. The molecule has 0 atom stereocenters. The molecular weight excluding hydrogens is 516 g/mol. The molecule has 0 radical (unpaired) electrons. The molecule has 5 rings (SSSR count). The molecule has 12 heteroatoms. The largest absolute Gasteiger partial charge is 0.481 e. The van der Waals surface area contributed by atoms with Gasteiger partial charge in [-0.1, -0.05) is 6.07 Å². The van der Waals surface area contributed by atoms with E-state index < -0.39 is 26.6 Å². The summed E-state index contributed by atoms with van der Waals surface area (Å²) in [4.78, 5) is 7.80. The van der Waals surface area contributed by atoms with Crippen LogP contribution >= 0.6 is 0 Å². The normalized spacial score (nSPS) is 11.5. The van der Waals surface area contributed by atoms with Crippen LogP contribution in [-0.2, 0) is 17.1 Å². The predicted octanol–water partition coefficient (Wildman–Crippen LogP) is 4.79. The molecule has 3 aromatic heterocycles. The molecule has 0 spiro atoms. The number of methoxy groups -OCH3 is 2. The van der Waals surface area contributed by atoms with Gasteiger partial charge in [-0.25, -0.2) is 27.2 Å². The van der Waals surface area contributed by atoms with Crippen LogP contribution in [0.3, 0.4) is 0 Å². The number of aromatic nitrogens is 4. The Morgan fingerprint density at radius 3 is 2.32 bits per heavy atom. The van der Waals surface area contributed by atoms with E-state index in [0.29, 0.717) is 17.5 Å². The maximum atomic E-state index is 14.2. The topological polar surface area (TPSA) is 108 Å². The van der Waals surface area contributed by atoms with Crippen molar-refractivity contribution < 1.29 is 26.7 Å². The fraction of sp³-hybridized carbons (Fsp3) is 0.115. The highest BCUT2D eigenvalue weighted by atomic mass is 32.2. The van der Waals surface area contributed by atoms with Crippen molar-refractivity contribution in [2.45, 2.75) is 4.90 Å². The maximum Gasteiger partial charge on any atom is 0.264 e. The van der Waals surface area contributed by atoms with E-state index in [4.69, 9.17) is 9.47 Å². The van der Waals surface area contributed by atoms with Crippen molar-refractivity contribution in [3.8, 4) is 34.1 Å². The minimum Gasteiger partial charge on any atom is -0.481 e. The van der Waals surface area contributed by atoms with Gasteiger partial charge < -0.3 is 9.47 Å². The number of hydrogen-bond acceptors (Lipinski definition) is 7. The minimum absolute atomic E-state index is 0.0143. The Balaban J connectivity index is 1.57. The van der Waals surface area contributed by atoms with E-state index in [1.165, 1.54) is 19.4 Å². The Hall–Kier alpha value is -4.58. The number of aryl methyl sites for hydroxylation is 1. The van der Waals surface area contributed by atoms with Gasteiger partial charge in [-0.2, -0.15) is 5.10 Å². The van der Waals surface area contributed by atoms with E-state index in [9.17, 15) is 17.2 Å². The third-order valence-electron chi connectivity index (χ3n) is 5.86. The SMILES string of the molecule is COc1ccc(-c2c3cc(-c4cnc(OC)c(NS(=O)(=O)c5ccc(F)cc5F)c4)ccc3nn2C)cn1. The summed E-state index contributed by atoms with van der Waals surface area (Å²) in [6.45, 7) is 0. The quantitative estimate of drug-likeness (QED) is 0.318. The Bertz CT molecular complexity index is 1770. The average molecular weight is 538 g/mol. The smallest absolute Gasteiger partial charge is 0.264 e. The lowest BCUT2D eigenvalue weighted by molar-refractivity contribution is 0.398. The second kappa shape index (κ2) is 9.71. The zero-order chi connectivity index (χ0) is 27.0. The molecule has 5 aromatic rings. The highest BCUT2D eigenvalue weighted by Gasteiger charge is 2.22. The van der Waals surface area contributed by atoms with Crippen molar-refractivity contribution in [2.24, 2.45) is 7.05 Å². The van der Waals surface area contributed by atoms with E-state index in [1.807, 2.05) is 31.3 Å². The molecular formula is C26H21F2N5O4S. The van der Waals surface area contributed by atoms with Crippen LogP contribution in [0, 0.1) is 11.6 Å². The van der Waals surface area contributed by atoms with Crippen molar-refractivity contribution in [3.05, 3.63) is 78.6 Å². The van der Waals surface area contributed by atoms with Gasteiger partial charge >= 0.3 is 0 Å². The van der Waals surface area contributed by atoms with Crippen LogP contribution in [0.2, 0.25) is 0 Å². The van der Waals surface area contributed by atoms with Crippen LogP contribution in [0.5, 0.6) is 11.8 Å². The molecule has 0 amide bonds. The van der Waals surface area contributed by atoms with Crippen LogP contribution in [0.15, 0.2) is 71.9 Å². The lowest BCUT2D eigenvalue weighted by Gasteiger charge is -2.13. The third-order valence-corrected chi connectivity index (χ3v) is 7.26. The molecule has 9 nitrogen and oxygen atoms in total. The first-order chi connectivity index (χ1) is 18.2. The molecule has 38 heavy (non-hydrogen) atoms. The second-order valence-corrected chi connectivity index (χ2v) is 9.91. The van der Waals surface area contributed by atoms with Gasteiger partial charge in [-0.3, -0.25) is 9.40 Å². The Labute approximate surface area is 216 Å². The molecule has 0 aliphatic heterocycles. The Morgan fingerprint density at radius 1 is 0.868 bits per heavy atom. The average Bonchev–Trinajstić information content (AvgIpc) is 3.23. The molecule has 0 saturated heterocycles. The third kappa shape index (κ3) is 4.61. The summed E-state index contributed by atoms with van der Waals surface area (Å²) in [6.07, 6.45) is 3.22. The van der Waals surface area contributed by atoms with Crippen molar-refractivity contribution in [1.29, 1.82) is 0 Å². The van der Waals surface area contributed by atoms with E-state index >= 15 is 0 Å². The summed E-state index contributed by atoms with van der Waals surface area (Å²) in [5.74, 6) is -1.64. The van der Waals surface area contributed by atoms with Gasteiger partial charge in [0.05, 0.1) is 25.4 Å². The van der Waals surface area contributed by atoms with Crippen LogP contribution < -0.4 is 14.2 Å². The number of halogens is 2. The minimum atomic E-state index is -4.41. The highest BCUT2D eigenvalue weighted by molar-refractivity contribution is 7.92. The van der Waals surface area contributed by atoms with E-state index in [1.54, 1.807) is 24.1 Å². The Morgan fingerprint density at radius 2 is 1.63 bits per heavy atom. The number of anilines is 1. The number of rotatable bonds is 7. The number of fused-ring (bicyclic) bond motifs is 1. The zero-order valence-electron chi connectivity index (χ0n) is 20.4. The first-order valence-electron chi connectivity index (χ1n) is 11.2. The molecule has 1 N–H and O–H groups in total. The van der Waals surface area contributed by atoms with Crippen molar-refractivity contribution in [1.82, 2.24) is 19.7 Å². The summed E-state index contributed by atoms with van der Waals surface area (Å²) in [6, 6.07) is 12.9. The number of ether oxygens (including phenoxy) is 2.